The smallest absolute Gasteiger partial charge is 0.326 e. The minimum atomic E-state index is -3.81. The molecular weight excluding hydrogens is 356 g/mol. The van der Waals surface area contributed by atoms with Crippen LogP contribution in [0, 0.1) is 0 Å². The van der Waals surface area contributed by atoms with Gasteiger partial charge < -0.3 is 10.0 Å². The molecule has 24 heavy (non-hydrogen) atoms. The molecule has 1 heterocycles. The molecule has 1 atom stereocenters. The first-order valence-electron chi connectivity index (χ1n) is 7.42. The first kappa shape index (κ1) is 18.7. The Labute approximate surface area is 145 Å². The number of carboxylic acid groups (broad SMARTS) is 1. The summed E-state index contributed by atoms with van der Waals surface area (Å²) < 4.78 is 25.6. The summed E-state index contributed by atoms with van der Waals surface area (Å²) in [5.74, 6) is -1.56. The van der Waals surface area contributed by atoms with E-state index < -0.39 is 27.9 Å². The Morgan fingerprint density at radius 1 is 1.29 bits per heavy atom. The fourth-order valence-electron chi connectivity index (χ4n) is 2.63. The Bertz CT molecular complexity index is 763. The second-order valence-electron chi connectivity index (χ2n) is 5.78. The lowest BCUT2D eigenvalue weighted by molar-refractivity contribution is -0.143. The second-order valence-corrected chi connectivity index (χ2v) is 8.31. The monoisotopic (exact) mass is 374 g/mol. The van der Waals surface area contributed by atoms with Gasteiger partial charge >= 0.3 is 5.97 Å². The third-order valence-electron chi connectivity index (χ3n) is 3.99. The highest BCUT2D eigenvalue weighted by Gasteiger charge is 2.33. The molecule has 9 heteroatoms. The summed E-state index contributed by atoms with van der Waals surface area (Å²) in [4.78, 5) is 25.1. The van der Waals surface area contributed by atoms with Crippen molar-refractivity contribution in [1.82, 2.24) is 9.21 Å². The number of hydrogen-bond acceptors (Lipinski definition) is 4. The van der Waals surface area contributed by atoms with Crippen LogP contribution in [0.4, 0.5) is 0 Å². The van der Waals surface area contributed by atoms with Gasteiger partial charge in [0, 0.05) is 26.2 Å². The lowest BCUT2D eigenvalue weighted by Crippen LogP contribution is -2.48. The van der Waals surface area contributed by atoms with Crippen LogP contribution in [0.25, 0.3) is 0 Å². The predicted octanol–water partition coefficient (Wildman–Crippen LogP) is 1.67. The Kier molecular flexibility index (Phi) is 5.52. The van der Waals surface area contributed by atoms with E-state index in [2.05, 4.69) is 0 Å². The average Bonchev–Trinajstić information content (AvgIpc) is 2.54. The van der Waals surface area contributed by atoms with Crippen LogP contribution in [0.3, 0.4) is 0 Å². The Morgan fingerprint density at radius 3 is 2.54 bits per heavy atom. The molecule has 0 spiro atoms. The van der Waals surface area contributed by atoms with Gasteiger partial charge in [0.05, 0.1) is 5.02 Å². The molecule has 1 aromatic rings. The van der Waals surface area contributed by atoms with Crippen LogP contribution in [0.2, 0.25) is 5.02 Å². The van der Waals surface area contributed by atoms with E-state index in [1.54, 1.807) is 0 Å². The van der Waals surface area contributed by atoms with E-state index in [1.165, 1.54) is 37.2 Å². The third-order valence-corrected chi connectivity index (χ3v) is 6.28. The fraction of sp³-hybridized carbons (Fsp3) is 0.467. The molecule has 132 valence electrons. The molecule has 0 saturated carbocycles. The van der Waals surface area contributed by atoms with Gasteiger partial charge in [-0.1, -0.05) is 11.6 Å². The number of rotatable bonds is 4. The fourth-order valence-corrected chi connectivity index (χ4v) is 4.02. The van der Waals surface area contributed by atoms with Gasteiger partial charge in [0.25, 0.3) is 5.91 Å². The zero-order valence-corrected chi connectivity index (χ0v) is 15.0. The normalized spacial score (nSPS) is 18.7. The lowest BCUT2D eigenvalue weighted by atomic mass is 10.0. The number of nitrogens with zero attached hydrogens (tertiary/aromatic N) is 2. The van der Waals surface area contributed by atoms with Crippen LogP contribution < -0.4 is 0 Å². The van der Waals surface area contributed by atoms with Crippen molar-refractivity contribution in [3.8, 4) is 0 Å². The standard InChI is InChI=1S/C15H19ClN2O5S/c1-17(2)24(22,23)13-9-10(6-7-11(13)16)14(19)18-8-4-3-5-12(18)15(20)21/h6-7,9,12H,3-5,8H2,1-2H3,(H,20,21)/t12-/m1/s1. The SMILES string of the molecule is CN(C)S(=O)(=O)c1cc(C(=O)N2CCCC[C@@H]2C(=O)O)ccc1Cl. The van der Waals surface area contributed by atoms with E-state index in [-0.39, 0.29) is 15.5 Å². The highest BCUT2D eigenvalue weighted by atomic mass is 35.5. The van der Waals surface area contributed by atoms with Gasteiger partial charge in [-0.05, 0) is 37.5 Å². The molecule has 0 bridgehead atoms. The number of likely N-dealkylation sites (tertiary alicyclic amines) is 1. The van der Waals surface area contributed by atoms with Gasteiger partial charge in [-0.3, -0.25) is 4.79 Å². The number of amides is 1. The molecule has 0 aliphatic carbocycles. The summed E-state index contributed by atoms with van der Waals surface area (Å²) in [5.41, 5.74) is 0.105. The zero-order valence-electron chi connectivity index (χ0n) is 13.4. The number of hydrogen-bond donors (Lipinski definition) is 1. The molecule has 1 amide bonds. The number of sulfonamides is 1. The van der Waals surface area contributed by atoms with E-state index in [9.17, 15) is 23.1 Å². The van der Waals surface area contributed by atoms with E-state index in [0.717, 1.165) is 10.7 Å². The van der Waals surface area contributed by atoms with Gasteiger partial charge in [-0.2, -0.15) is 0 Å². The molecule has 0 aromatic heterocycles. The minimum Gasteiger partial charge on any atom is -0.480 e. The van der Waals surface area contributed by atoms with Crippen molar-refractivity contribution in [1.29, 1.82) is 0 Å². The van der Waals surface area contributed by atoms with Gasteiger partial charge in [-0.15, -0.1) is 0 Å². The molecule has 2 rings (SSSR count). The predicted molar refractivity (Wildman–Crippen MR) is 88.6 cm³/mol. The van der Waals surface area contributed by atoms with Crippen molar-refractivity contribution in [2.75, 3.05) is 20.6 Å². The quantitative estimate of drug-likeness (QED) is 0.864. The molecule has 0 unspecified atom stereocenters. The van der Waals surface area contributed by atoms with Crippen LogP contribution >= 0.6 is 11.6 Å². The van der Waals surface area contributed by atoms with E-state index >= 15 is 0 Å². The van der Waals surface area contributed by atoms with Gasteiger partial charge in [-0.25, -0.2) is 17.5 Å². The van der Waals surface area contributed by atoms with Crippen molar-refractivity contribution in [2.24, 2.45) is 0 Å². The van der Waals surface area contributed by atoms with Gasteiger partial charge in [0.1, 0.15) is 10.9 Å². The van der Waals surface area contributed by atoms with Gasteiger partial charge in [0.15, 0.2) is 0 Å². The van der Waals surface area contributed by atoms with Crippen LogP contribution in [0.15, 0.2) is 23.1 Å². The van der Waals surface area contributed by atoms with Crippen molar-refractivity contribution >= 4 is 33.5 Å². The number of carboxylic acids is 1. The topological polar surface area (TPSA) is 95.0 Å². The Balaban J connectivity index is 2.42. The number of carbonyl (C=O) groups is 2. The summed E-state index contributed by atoms with van der Waals surface area (Å²) in [6.07, 6.45) is 1.84. The average molecular weight is 375 g/mol. The number of aliphatic carboxylic acids is 1. The summed E-state index contributed by atoms with van der Waals surface area (Å²) in [6, 6.07) is 3.06. The van der Waals surface area contributed by atoms with Crippen LogP contribution in [0.1, 0.15) is 29.6 Å². The van der Waals surface area contributed by atoms with Gasteiger partial charge in [0.2, 0.25) is 10.0 Å². The molecule has 1 fully saturated rings. The maximum Gasteiger partial charge on any atom is 0.326 e. The van der Waals surface area contributed by atoms with Crippen molar-refractivity contribution in [2.45, 2.75) is 30.2 Å². The highest BCUT2D eigenvalue weighted by Crippen LogP contribution is 2.27. The minimum absolute atomic E-state index is 0.00804. The van der Waals surface area contributed by atoms with E-state index in [0.29, 0.717) is 19.4 Å². The summed E-state index contributed by atoms with van der Waals surface area (Å²) in [5, 5.41) is 9.30. The Hall–Kier alpha value is -1.64. The van der Waals surface area contributed by atoms with Crippen LogP contribution in [-0.4, -0.2) is 61.3 Å². The van der Waals surface area contributed by atoms with Crippen molar-refractivity contribution in [3.63, 3.8) is 0 Å². The molecule has 1 aliphatic heterocycles. The van der Waals surface area contributed by atoms with Crippen LogP contribution in [-0.2, 0) is 14.8 Å². The first-order chi connectivity index (χ1) is 11.2. The maximum atomic E-state index is 12.7. The molecule has 1 aromatic carbocycles. The lowest BCUT2D eigenvalue weighted by Gasteiger charge is -2.33. The third kappa shape index (κ3) is 3.55. The number of benzene rings is 1. The summed E-state index contributed by atoms with van der Waals surface area (Å²) in [6.45, 7) is 0.328. The molecule has 0 radical (unpaired) electrons. The van der Waals surface area contributed by atoms with Crippen molar-refractivity contribution in [3.05, 3.63) is 28.8 Å². The number of piperidine rings is 1. The molecule has 1 saturated heterocycles. The molecule has 7 nitrogen and oxygen atoms in total. The van der Waals surface area contributed by atoms with Crippen molar-refractivity contribution < 1.29 is 23.1 Å². The molecule has 1 aliphatic rings. The van der Waals surface area contributed by atoms with E-state index in [4.69, 9.17) is 11.6 Å². The highest BCUT2D eigenvalue weighted by molar-refractivity contribution is 7.89. The number of carbonyl (C=O) groups excluding carboxylic acids is 1. The summed E-state index contributed by atoms with van der Waals surface area (Å²) in [7, 11) is -1.08. The maximum absolute atomic E-state index is 12.7. The zero-order chi connectivity index (χ0) is 18.1. The summed E-state index contributed by atoms with van der Waals surface area (Å²) >= 11 is 5.97. The second kappa shape index (κ2) is 7.08. The Morgan fingerprint density at radius 2 is 1.96 bits per heavy atom. The van der Waals surface area contributed by atoms with E-state index in [1.807, 2.05) is 0 Å². The van der Waals surface area contributed by atoms with Crippen LogP contribution in [0.5, 0.6) is 0 Å². The molecule has 1 N–H and O–H groups in total. The molecular formula is C15H19ClN2O5S. The first-order valence-corrected chi connectivity index (χ1v) is 9.24. The number of halogens is 1. The largest absolute Gasteiger partial charge is 0.480 e.